The van der Waals surface area contributed by atoms with Crippen molar-refractivity contribution in [2.75, 3.05) is 13.7 Å². The van der Waals surface area contributed by atoms with Gasteiger partial charge in [0.1, 0.15) is 12.4 Å². The van der Waals surface area contributed by atoms with Gasteiger partial charge >= 0.3 is 1.43 Å². The van der Waals surface area contributed by atoms with E-state index in [2.05, 4.69) is 5.32 Å². The highest BCUT2D eigenvalue weighted by atomic mass is 35.5. The Kier molecular flexibility index (Phi) is 4.39. The fourth-order valence-corrected chi connectivity index (χ4v) is 1.74. The Morgan fingerprint density at radius 2 is 2.20 bits per heavy atom. The Morgan fingerprint density at radius 1 is 1.47 bits per heavy atom. The predicted molar refractivity (Wildman–Crippen MR) is 55.5 cm³/mol. The monoisotopic (exact) mass is 229 g/mol. The van der Waals surface area contributed by atoms with Crippen LogP contribution in [0.5, 0.6) is 5.75 Å². The van der Waals surface area contributed by atoms with Crippen LogP contribution >= 0.6 is 0 Å². The first-order valence-corrected chi connectivity index (χ1v) is 4.88. The number of aliphatic hydroxyl groups is 1. The number of ether oxygens (including phenoxy) is 1. The molecule has 84 valence electrons. The maximum absolute atomic E-state index is 9.92. The molecule has 1 aliphatic heterocycles. The minimum absolute atomic E-state index is 0. The van der Waals surface area contributed by atoms with E-state index < -0.39 is 6.10 Å². The fraction of sp³-hybridized carbons (Fsp3) is 0.455. The number of aliphatic hydroxyl groups excluding tert-OH is 1. The van der Waals surface area contributed by atoms with Gasteiger partial charge in [-0.25, -0.2) is 0 Å². The summed E-state index contributed by atoms with van der Waals surface area (Å²) in [5.74, 6) is 0.803. The van der Waals surface area contributed by atoms with Gasteiger partial charge in [-0.3, -0.25) is 0 Å². The lowest BCUT2D eigenvalue weighted by Crippen LogP contribution is -3.00. The molecule has 0 saturated heterocycles. The van der Waals surface area contributed by atoms with Crippen molar-refractivity contribution in [3.63, 3.8) is 0 Å². The molecule has 2 N–H and O–H groups in total. The van der Waals surface area contributed by atoms with Crippen LogP contribution in [0.4, 0.5) is 0 Å². The van der Waals surface area contributed by atoms with Crippen molar-refractivity contribution in [2.45, 2.75) is 18.6 Å². The van der Waals surface area contributed by atoms with E-state index in [0.29, 0.717) is 13.0 Å². The second-order valence-electron chi connectivity index (χ2n) is 3.59. The van der Waals surface area contributed by atoms with Gasteiger partial charge in [-0.2, -0.15) is 0 Å². The summed E-state index contributed by atoms with van der Waals surface area (Å²) in [7, 11) is 1.89. The van der Waals surface area contributed by atoms with Crippen LogP contribution in [0, 0.1) is 0 Å². The molecule has 0 radical (unpaired) electrons. The Morgan fingerprint density at radius 3 is 2.93 bits per heavy atom. The fourth-order valence-electron chi connectivity index (χ4n) is 1.74. The number of rotatable bonds is 1. The summed E-state index contributed by atoms with van der Waals surface area (Å²) in [5, 5.41) is 13.0. The molecule has 0 aliphatic carbocycles. The summed E-state index contributed by atoms with van der Waals surface area (Å²) in [6, 6.07) is 7.88. The summed E-state index contributed by atoms with van der Waals surface area (Å²) >= 11 is 0. The van der Waals surface area contributed by atoms with E-state index in [1.165, 1.54) is 0 Å². The standard InChI is InChI=1S/C11H15NO2.ClH/c1-12-8-6-10(13)9-4-2-3-5-11(9)14-7-8;/h2-5,8,10,12-13H,6-7H2,1H3;1H/t8-,10+;/m0./s1. The third-order valence-electron chi connectivity index (χ3n) is 2.63. The largest absolute Gasteiger partial charge is 1.00 e. The summed E-state index contributed by atoms with van der Waals surface area (Å²) in [4.78, 5) is 0. The summed E-state index contributed by atoms with van der Waals surface area (Å²) < 4.78 is 5.60. The maximum atomic E-state index is 9.92. The van der Waals surface area contributed by atoms with E-state index in [-0.39, 0.29) is 19.9 Å². The summed E-state index contributed by atoms with van der Waals surface area (Å²) in [6.45, 7) is 0.616. The SMILES string of the molecule is CN[C@@H]1COc2ccccc2[C@H](O)C1.[Cl-].[H+]. The van der Waals surface area contributed by atoms with Crippen molar-refractivity contribution in [1.29, 1.82) is 0 Å². The first-order chi connectivity index (χ1) is 6.81. The van der Waals surface area contributed by atoms with E-state index in [4.69, 9.17) is 4.74 Å². The van der Waals surface area contributed by atoms with Crippen molar-refractivity contribution in [3.8, 4) is 5.75 Å². The van der Waals surface area contributed by atoms with Gasteiger partial charge < -0.3 is 27.6 Å². The predicted octanol–water partition coefficient (Wildman–Crippen LogP) is -1.79. The highest BCUT2D eigenvalue weighted by molar-refractivity contribution is 5.35. The zero-order chi connectivity index (χ0) is 9.97. The van der Waals surface area contributed by atoms with Gasteiger partial charge in [-0.15, -0.1) is 0 Å². The Hall–Kier alpha value is -0.770. The molecular formula is C11H16ClNO2. The normalized spacial score (nSPS) is 24.4. The molecule has 4 heteroatoms. The molecule has 1 aliphatic rings. The van der Waals surface area contributed by atoms with Crippen LogP contribution in [0.3, 0.4) is 0 Å². The molecule has 2 rings (SSSR count). The zero-order valence-electron chi connectivity index (χ0n) is 9.61. The molecule has 1 heterocycles. The van der Waals surface area contributed by atoms with Gasteiger partial charge in [0.05, 0.1) is 6.10 Å². The number of nitrogens with one attached hydrogen (secondary N) is 1. The molecule has 15 heavy (non-hydrogen) atoms. The highest BCUT2D eigenvalue weighted by Crippen LogP contribution is 2.30. The molecule has 0 saturated carbocycles. The van der Waals surface area contributed by atoms with E-state index >= 15 is 0 Å². The lowest BCUT2D eigenvalue weighted by atomic mass is 10.0. The molecule has 1 aromatic rings. The van der Waals surface area contributed by atoms with Crippen molar-refractivity contribution in [3.05, 3.63) is 29.8 Å². The number of halogens is 1. The Bertz CT molecular complexity index is 325. The second-order valence-corrected chi connectivity index (χ2v) is 3.59. The van der Waals surface area contributed by atoms with Crippen molar-refractivity contribution in [1.82, 2.24) is 5.32 Å². The van der Waals surface area contributed by atoms with E-state index in [0.717, 1.165) is 11.3 Å². The van der Waals surface area contributed by atoms with E-state index in [9.17, 15) is 5.11 Å². The molecule has 0 amide bonds. The van der Waals surface area contributed by atoms with Gasteiger partial charge in [-0.05, 0) is 19.5 Å². The molecule has 0 fully saturated rings. The lowest BCUT2D eigenvalue weighted by Gasteiger charge is -2.14. The van der Waals surface area contributed by atoms with Gasteiger partial charge in [0.25, 0.3) is 0 Å². The smallest absolute Gasteiger partial charge is 1.00 e. The highest BCUT2D eigenvalue weighted by Gasteiger charge is 2.22. The Labute approximate surface area is 97.3 Å². The van der Waals surface area contributed by atoms with Crippen LogP contribution in [0.2, 0.25) is 0 Å². The molecule has 3 nitrogen and oxygen atoms in total. The van der Waals surface area contributed by atoms with Gasteiger partial charge in [0, 0.05) is 11.6 Å². The van der Waals surface area contributed by atoms with Crippen molar-refractivity contribution in [2.24, 2.45) is 0 Å². The number of benzene rings is 1. The van der Waals surface area contributed by atoms with Gasteiger partial charge in [0.2, 0.25) is 0 Å². The molecular weight excluding hydrogens is 214 g/mol. The molecule has 1 aromatic carbocycles. The number of para-hydroxylation sites is 1. The van der Waals surface area contributed by atoms with Crippen LogP contribution in [-0.2, 0) is 0 Å². The molecule has 2 atom stereocenters. The number of hydrogen-bond acceptors (Lipinski definition) is 3. The average molecular weight is 230 g/mol. The van der Waals surface area contributed by atoms with Crippen molar-refractivity contribution >= 4 is 0 Å². The van der Waals surface area contributed by atoms with Crippen LogP contribution in [0.25, 0.3) is 0 Å². The van der Waals surface area contributed by atoms with Crippen LogP contribution in [0.15, 0.2) is 24.3 Å². The second kappa shape index (κ2) is 5.35. The topological polar surface area (TPSA) is 41.5 Å². The molecule has 0 aromatic heterocycles. The van der Waals surface area contributed by atoms with Crippen LogP contribution in [0.1, 0.15) is 19.5 Å². The summed E-state index contributed by atoms with van der Waals surface area (Å²) in [6.07, 6.45) is 0.277. The minimum atomic E-state index is -0.425. The van der Waals surface area contributed by atoms with Gasteiger partial charge in [-0.1, -0.05) is 18.2 Å². The molecule has 0 spiro atoms. The zero-order valence-corrected chi connectivity index (χ0v) is 9.37. The number of likely N-dealkylation sites (N-methyl/N-ethyl adjacent to an activating group) is 1. The van der Waals surface area contributed by atoms with Crippen LogP contribution in [-0.4, -0.2) is 24.8 Å². The van der Waals surface area contributed by atoms with E-state index in [1.54, 1.807) is 0 Å². The van der Waals surface area contributed by atoms with Crippen molar-refractivity contribution < 1.29 is 23.7 Å². The molecule has 0 bridgehead atoms. The van der Waals surface area contributed by atoms with Gasteiger partial charge in [0.15, 0.2) is 0 Å². The number of fused-ring (bicyclic) bond motifs is 1. The molecule has 0 unspecified atom stereocenters. The third kappa shape index (κ3) is 2.62. The average Bonchev–Trinajstić information content (AvgIpc) is 2.39. The number of hydrogen-bond donors (Lipinski definition) is 2. The van der Waals surface area contributed by atoms with Crippen LogP contribution < -0.4 is 22.5 Å². The third-order valence-corrected chi connectivity index (χ3v) is 2.63. The first kappa shape index (κ1) is 12.3. The van der Waals surface area contributed by atoms with E-state index in [1.807, 2.05) is 31.3 Å². The lowest BCUT2D eigenvalue weighted by molar-refractivity contribution is -0.00000540. The quantitative estimate of drug-likeness (QED) is 0.598. The first-order valence-electron chi connectivity index (χ1n) is 4.88. The minimum Gasteiger partial charge on any atom is -1.00 e. The Balaban J connectivity index is 0.00000112. The maximum Gasteiger partial charge on any atom is 1.00 e. The summed E-state index contributed by atoms with van der Waals surface area (Å²) in [5.41, 5.74) is 0.894.